The smallest absolute Gasteiger partial charge is 0.161 e. The van der Waals surface area contributed by atoms with Gasteiger partial charge in [0.2, 0.25) is 0 Å². The Morgan fingerprint density at radius 3 is 2.29 bits per heavy atom. The predicted octanol–water partition coefficient (Wildman–Crippen LogP) is 3.36. The van der Waals surface area contributed by atoms with E-state index in [0.29, 0.717) is 12.6 Å². The van der Waals surface area contributed by atoms with E-state index in [1.165, 1.54) is 0 Å². The summed E-state index contributed by atoms with van der Waals surface area (Å²) >= 11 is 0. The van der Waals surface area contributed by atoms with Crippen molar-refractivity contribution in [3.63, 3.8) is 0 Å². The van der Waals surface area contributed by atoms with E-state index in [0.717, 1.165) is 11.6 Å². The van der Waals surface area contributed by atoms with E-state index in [2.05, 4.69) is 5.32 Å². The molecule has 0 aliphatic rings. The van der Waals surface area contributed by atoms with Crippen molar-refractivity contribution >= 4 is 6.08 Å². The lowest BCUT2D eigenvalue weighted by Crippen LogP contribution is -2.14. The van der Waals surface area contributed by atoms with Crippen molar-refractivity contribution in [1.82, 2.24) is 5.32 Å². The van der Waals surface area contributed by atoms with Gasteiger partial charge in [-0.15, -0.1) is 0 Å². The van der Waals surface area contributed by atoms with Crippen molar-refractivity contribution in [2.45, 2.75) is 13.8 Å². The fraction of sp³-hybridized carbons (Fsp3) is 0.385. The Hall–Kier alpha value is -1.29. The zero-order valence-corrected chi connectivity index (χ0v) is 10.2. The van der Waals surface area contributed by atoms with Crippen molar-refractivity contribution in [3.8, 4) is 0 Å². The first-order valence-electron chi connectivity index (χ1n) is 5.45. The van der Waals surface area contributed by atoms with Gasteiger partial charge in [-0.1, -0.05) is 25.5 Å². The van der Waals surface area contributed by atoms with Gasteiger partial charge in [0.05, 0.1) is 0 Å². The van der Waals surface area contributed by atoms with Crippen LogP contribution in [0.25, 0.3) is 6.08 Å². The number of hydrogen-bond donors (Lipinski definition) is 1. The molecule has 1 N–H and O–H groups in total. The molecule has 94 valence electrons. The highest BCUT2D eigenvalue weighted by atomic mass is 19.2. The minimum atomic E-state index is -1.17. The Labute approximate surface area is 99.3 Å². The number of likely N-dealkylation sites (N-methyl/N-ethyl adjacent to an activating group) is 1. The van der Waals surface area contributed by atoms with Crippen LogP contribution < -0.4 is 5.32 Å². The summed E-state index contributed by atoms with van der Waals surface area (Å²) in [6.07, 6.45) is 1.55. The summed E-state index contributed by atoms with van der Waals surface area (Å²) in [6.45, 7) is 4.50. The van der Waals surface area contributed by atoms with E-state index in [4.69, 9.17) is 0 Å². The second-order valence-electron chi connectivity index (χ2n) is 4.19. The molecule has 0 aliphatic carbocycles. The van der Waals surface area contributed by atoms with E-state index in [1.807, 2.05) is 13.8 Å². The Kier molecular flexibility index (Phi) is 4.75. The van der Waals surface area contributed by atoms with E-state index < -0.39 is 17.5 Å². The molecule has 0 amide bonds. The van der Waals surface area contributed by atoms with Gasteiger partial charge in [0, 0.05) is 18.2 Å². The fourth-order valence-electron chi connectivity index (χ4n) is 1.47. The third-order valence-corrected chi connectivity index (χ3v) is 2.50. The largest absolute Gasteiger partial charge is 0.316 e. The molecule has 1 aromatic rings. The Bertz CT molecular complexity index is 425. The van der Waals surface area contributed by atoms with Crippen LogP contribution in [0.15, 0.2) is 17.7 Å². The lowest BCUT2D eigenvalue weighted by molar-refractivity contribution is 0.494. The SMILES string of the molecule is CNC/C(=C/c1cc(F)c(F)cc1F)C(C)C. The van der Waals surface area contributed by atoms with Crippen LogP contribution in [-0.4, -0.2) is 13.6 Å². The second-order valence-corrected chi connectivity index (χ2v) is 4.19. The summed E-state index contributed by atoms with van der Waals surface area (Å²) < 4.78 is 39.2. The maximum atomic E-state index is 13.4. The highest BCUT2D eigenvalue weighted by Crippen LogP contribution is 2.19. The summed E-state index contributed by atoms with van der Waals surface area (Å²) in [4.78, 5) is 0. The summed E-state index contributed by atoms with van der Waals surface area (Å²) in [6, 6.07) is 1.45. The summed E-state index contributed by atoms with van der Waals surface area (Å²) in [5.74, 6) is -2.75. The molecule has 1 aromatic carbocycles. The van der Waals surface area contributed by atoms with E-state index in [1.54, 1.807) is 13.1 Å². The van der Waals surface area contributed by atoms with Gasteiger partial charge in [-0.05, 0) is 19.0 Å². The second kappa shape index (κ2) is 5.87. The predicted molar refractivity (Wildman–Crippen MR) is 63.1 cm³/mol. The van der Waals surface area contributed by atoms with E-state index >= 15 is 0 Å². The number of nitrogens with one attached hydrogen (secondary N) is 1. The van der Waals surface area contributed by atoms with Crippen LogP contribution in [0.2, 0.25) is 0 Å². The van der Waals surface area contributed by atoms with Crippen molar-refractivity contribution in [2.24, 2.45) is 5.92 Å². The topological polar surface area (TPSA) is 12.0 Å². The standard InChI is InChI=1S/C13H16F3N/c1-8(2)10(7-17-3)4-9-5-12(15)13(16)6-11(9)14/h4-6,8,17H,7H2,1-3H3/b10-4-. The van der Waals surface area contributed by atoms with Gasteiger partial charge in [0.25, 0.3) is 0 Å². The maximum Gasteiger partial charge on any atom is 0.161 e. The van der Waals surface area contributed by atoms with Gasteiger partial charge >= 0.3 is 0 Å². The summed E-state index contributed by atoms with van der Waals surface area (Å²) in [7, 11) is 1.78. The van der Waals surface area contributed by atoms with Crippen LogP contribution in [0.4, 0.5) is 13.2 Å². The van der Waals surface area contributed by atoms with Crippen LogP contribution in [0.5, 0.6) is 0 Å². The third kappa shape index (κ3) is 3.60. The van der Waals surface area contributed by atoms with Crippen molar-refractivity contribution in [2.75, 3.05) is 13.6 Å². The molecule has 0 fully saturated rings. The molecule has 0 atom stereocenters. The zero-order chi connectivity index (χ0) is 13.0. The minimum absolute atomic E-state index is 0.0721. The Morgan fingerprint density at radius 1 is 1.18 bits per heavy atom. The molecule has 4 heteroatoms. The summed E-state index contributed by atoms with van der Waals surface area (Å²) in [5, 5.41) is 2.96. The average Bonchev–Trinajstić information content (AvgIpc) is 2.24. The molecular weight excluding hydrogens is 227 g/mol. The number of rotatable bonds is 4. The molecule has 0 heterocycles. The van der Waals surface area contributed by atoms with Gasteiger partial charge in [0.1, 0.15) is 5.82 Å². The van der Waals surface area contributed by atoms with Crippen molar-refractivity contribution in [1.29, 1.82) is 0 Å². The molecular formula is C13H16F3N. The minimum Gasteiger partial charge on any atom is -0.316 e. The quantitative estimate of drug-likeness (QED) is 0.799. The molecule has 0 saturated carbocycles. The molecule has 0 aliphatic heterocycles. The molecule has 17 heavy (non-hydrogen) atoms. The Morgan fingerprint density at radius 2 is 1.76 bits per heavy atom. The van der Waals surface area contributed by atoms with Crippen LogP contribution in [0, 0.1) is 23.4 Å². The highest BCUT2D eigenvalue weighted by Gasteiger charge is 2.10. The first-order chi connectivity index (χ1) is 7.95. The normalized spacial score (nSPS) is 12.3. The number of hydrogen-bond acceptors (Lipinski definition) is 1. The molecule has 0 saturated heterocycles. The third-order valence-electron chi connectivity index (χ3n) is 2.50. The molecule has 1 nitrogen and oxygen atoms in total. The molecule has 0 bridgehead atoms. The van der Waals surface area contributed by atoms with Gasteiger partial charge in [-0.3, -0.25) is 0 Å². The average molecular weight is 243 g/mol. The lowest BCUT2D eigenvalue weighted by Gasteiger charge is -2.11. The first-order valence-corrected chi connectivity index (χ1v) is 5.45. The highest BCUT2D eigenvalue weighted by molar-refractivity contribution is 5.54. The van der Waals surface area contributed by atoms with Crippen LogP contribution in [0.1, 0.15) is 19.4 Å². The van der Waals surface area contributed by atoms with Crippen LogP contribution >= 0.6 is 0 Å². The molecule has 0 unspecified atom stereocenters. The maximum absolute atomic E-state index is 13.4. The molecule has 1 rings (SSSR count). The number of halogens is 3. The van der Waals surface area contributed by atoms with Gasteiger partial charge in [-0.25, -0.2) is 13.2 Å². The van der Waals surface area contributed by atoms with Crippen LogP contribution in [0.3, 0.4) is 0 Å². The lowest BCUT2D eigenvalue weighted by atomic mass is 10.00. The monoisotopic (exact) mass is 243 g/mol. The summed E-state index contributed by atoms with van der Waals surface area (Å²) in [5.41, 5.74) is 1.00. The van der Waals surface area contributed by atoms with Gasteiger partial charge < -0.3 is 5.32 Å². The Balaban J connectivity index is 3.15. The molecule has 0 aromatic heterocycles. The molecule has 0 spiro atoms. The van der Waals surface area contributed by atoms with E-state index in [-0.39, 0.29) is 11.5 Å². The van der Waals surface area contributed by atoms with E-state index in [9.17, 15) is 13.2 Å². The van der Waals surface area contributed by atoms with Gasteiger partial charge in [-0.2, -0.15) is 0 Å². The van der Waals surface area contributed by atoms with Crippen molar-refractivity contribution in [3.05, 3.63) is 40.7 Å². The van der Waals surface area contributed by atoms with Crippen molar-refractivity contribution < 1.29 is 13.2 Å². The van der Waals surface area contributed by atoms with Gasteiger partial charge in [0.15, 0.2) is 11.6 Å². The number of benzene rings is 1. The zero-order valence-electron chi connectivity index (χ0n) is 10.2. The fourth-order valence-corrected chi connectivity index (χ4v) is 1.47. The first kappa shape index (κ1) is 13.8. The van der Waals surface area contributed by atoms with Crippen LogP contribution in [-0.2, 0) is 0 Å². The molecule has 0 radical (unpaired) electrons.